The number of nitrogens with one attached hydrogen (secondary N) is 1. The van der Waals surface area contributed by atoms with Crippen LogP contribution < -0.4 is 11.1 Å². The quantitative estimate of drug-likeness (QED) is 0.558. The highest BCUT2D eigenvalue weighted by Gasteiger charge is 2.11. The van der Waals surface area contributed by atoms with Crippen LogP contribution in [0, 0.1) is 6.92 Å². The van der Waals surface area contributed by atoms with Crippen LogP contribution in [0.1, 0.15) is 22.0 Å². The van der Waals surface area contributed by atoms with E-state index in [2.05, 4.69) is 10.3 Å². The second-order valence-corrected chi connectivity index (χ2v) is 3.82. The van der Waals surface area contributed by atoms with Crippen molar-refractivity contribution >= 4 is 11.6 Å². The molecular weight excluding hydrogens is 234 g/mol. The number of carbonyl (C=O) groups is 1. The maximum atomic E-state index is 11.8. The first kappa shape index (κ1) is 12.0. The molecule has 6 nitrogen and oxygen atoms in total. The van der Waals surface area contributed by atoms with Crippen LogP contribution >= 0.6 is 0 Å². The van der Waals surface area contributed by atoms with E-state index in [-0.39, 0.29) is 23.8 Å². The number of carbonyl (C=O) groups excluding carboxylic acids is 1. The Balaban J connectivity index is 2.05. The van der Waals surface area contributed by atoms with E-state index < -0.39 is 0 Å². The normalized spacial score (nSPS) is 10.3. The fourth-order valence-electron chi connectivity index (χ4n) is 1.48. The molecule has 0 fully saturated rings. The van der Waals surface area contributed by atoms with Gasteiger partial charge in [-0.2, -0.15) is 0 Å². The number of nitrogen functional groups attached to an aromatic ring is 1. The zero-order valence-corrected chi connectivity index (χ0v) is 9.80. The summed E-state index contributed by atoms with van der Waals surface area (Å²) in [4.78, 5) is 15.8. The van der Waals surface area contributed by atoms with Gasteiger partial charge < -0.3 is 20.6 Å². The van der Waals surface area contributed by atoms with Crippen molar-refractivity contribution in [3.8, 4) is 5.75 Å². The number of phenolic OH excluding ortho intramolecular Hbond substituents is 1. The highest BCUT2D eigenvalue weighted by molar-refractivity contribution is 5.99. The van der Waals surface area contributed by atoms with Crippen LogP contribution in [0.2, 0.25) is 0 Å². The second-order valence-electron chi connectivity index (χ2n) is 3.82. The zero-order chi connectivity index (χ0) is 13.1. The molecule has 6 heteroatoms. The lowest BCUT2D eigenvalue weighted by Crippen LogP contribution is -2.23. The van der Waals surface area contributed by atoms with Crippen molar-refractivity contribution in [1.82, 2.24) is 10.3 Å². The third-order valence-corrected chi connectivity index (χ3v) is 2.35. The summed E-state index contributed by atoms with van der Waals surface area (Å²) in [5.41, 5.74) is 6.17. The lowest BCUT2D eigenvalue weighted by Gasteiger charge is -2.06. The van der Waals surface area contributed by atoms with Crippen LogP contribution in [0.5, 0.6) is 5.75 Å². The van der Waals surface area contributed by atoms with Gasteiger partial charge in [0.05, 0.1) is 18.3 Å². The molecule has 0 saturated heterocycles. The van der Waals surface area contributed by atoms with Gasteiger partial charge in [-0.25, -0.2) is 4.98 Å². The van der Waals surface area contributed by atoms with E-state index in [0.29, 0.717) is 17.3 Å². The Morgan fingerprint density at radius 3 is 3.00 bits per heavy atom. The van der Waals surface area contributed by atoms with E-state index in [1.807, 2.05) is 0 Å². The molecule has 1 amide bonds. The molecule has 0 bridgehead atoms. The molecule has 1 aromatic heterocycles. The van der Waals surface area contributed by atoms with Gasteiger partial charge in [0.1, 0.15) is 11.5 Å². The molecule has 0 radical (unpaired) electrons. The van der Waals surface area contributed by atoms with Crippen molar-refractivity contribution in [2.45, 2.75) is 13.5 Å². The smallest absolute Gasteiger partial charge is 0.253 e. The number of oxazole rings is 1. The van der Waals surface area contributed by atoms with Crippen molar-refractivity contribution < 1.29 is 14.3 Å². The standard InChI is InChI=1S/C12H13N3O3/c1-7-5-14-11(18-7)6-15-12(17)9-4-8(16)2-3-10(9)13/h2-5,16H,6,13H2,1H3,(H,15,17). The summed E-state index contributed by atoms with van der Waals surface area (Å²) in [6.07, 6.45) is 1.57. The van der Waals surface area contributed by atoms with Gasteiger partial charge in [-0.3, -0.25) is 4.79 Å². The number of benzene rings is 1. The number of aromatic nitrogens is 1. The summed E-state index contributed by atoms with van der Waals surface area (Å²) in [6.45, 7) is 1.94. The Morgan fingerprint density at radius 1 is 1.56 bits per heavy atom. The number of amides is 1. The van der Waals surface area contributed by atoms with Gasteiger partial charge in [0.2, 0.25) is 5.89 Å². The lowest BCUT2D eigenvalue weighted by molar-refractivity contribution is 0.0947. The Hall–Kier alpha value is -2.50. The largest absolute Gasteiger partial charge is 0.508 e. The molecule has 0 spiro atoms. The minimum Gasteiger partial charge on any atom is -0.508 e. The predicted octanol–water partition coefficient (Wildman–Crippen LogP) is 1.20. The van der Waals surface area contributed by atoms with Gasteiger partial charge in [-0.15, -0.1) is 0 Å². The Labute approximate surface area is 103 Å². The molecule has 2 aromatic rings. The van der Waals surface area contributed by atoms with Gasteiger partial charge in [0, 0.05) is 5.69 Å². The third kappa shape index (κ3) is 2.60. The number of aromatic hydroxyl groups is 1. The predicted molar refractivity (Wildman–Crippen MR) is 64.9 cm³/mol. The van der Waals surface area contributed by atoms with Gasteiger partial charge in [-0.1, -0.05) is 0 Å². The summed E-state index contributed by atoms with van der Waals surface area (Å²) in [5, 5.41) is 11.9. The number of aryl methyl sites for hydroxylation is 1. The topological polar surface area (TPSA) is 101 Å². The summed E-state index contributed by atoms with van der Waals surface area (Å²) < 4.78 is 5.22. The fraction of sp³-hybridized carbons (Fsp3) is 0.167. The number of hydrogen-bond acceptors (Lipinski definition) is 5. The van der Waals surface area contributed by atoms with Crippen molar-refractivity contribution in [2.24, 2.45) is 0 Å². The Bertz CT molecular complexity index is 578. The van der Waals surface area contributed by atoms with Gasteiger partial charge in [-0.05, 0) is 25.1 Å². The van der Waals surface area contributed by atoms with E-state index in [0.717, 1.165) is 0 Å². The van der Waals surface area contributed by atoms with Crippen LogP contribution in [-0.4, -0.2) is 16.0 Å². The van der Waals surface area contributed by atoms with Crippen molar-refractivity contribution in [2.75, 3.05) is 5.73 Å². The van der Waals surface area contributed by atoms with Crippen LogP contribution in [0.4, 0.5) is 5.69 Å². The second kappa shape index (κ2) is 4.79. The molecule has 0 saturated carbocycles. The lowest BCUT2D eigenvalue weighted by atomic mass is 10.1. The molecule has 0 atom stereocenters. The fourth-order valence-corrected chi connectivity index (χ4v) is 1.48. The molecule has 0 aliphatic rings. The monoisotopic (exact) mass is 247 g/mol. The summed E-state index contributed by atoms with van der Waals surface area (Å²) >= 11 is 0. The van der Waals surface area contributed by atoms with Gasteiger partial charge >= 0.3 is 0 Å². The number of phenols is 1. The van der Waals surface area contributed by atoms with Crippen molar-refractivity contribution in [3.63, 3.8) is 0 Å². The van der Waals surface area contributed by atoms with E-state index >= 15 is 0 Å². The SMILES string of the molecule is Cc1cnc(CNC(=O)c2cc(O)ccc2N)o1. The molecule has 94 valence electrons. The van der Waals surface area contributed by atoms with E-state index in [1.54, 1.807) is 13.1 Å². The van der Waals surface area contributed by atoms with E-state index in [1.165, 1.54) is 18.2 Å². The molecule has 4 N–H and O–H groups in total. The summed E-state index contributed by atoms with van der Waals surface area (Å²) in [5.74, 6) is 0.691. The molecular formula is C12H13N3O3. The summed E-state index contributed by atoms with van der Waals surface area (Å²) in [7, 11) is 0. The minimum absolute atomic E-state index is 0.0127. The Morgan fingerprint density at radius 2 is 2.33 bits per heavy atom. The highest BCUT2D eigenvalue weighted by Crippen LogP contribution is 2.18. The number of rotatable bonds is 3. The first-order valence-corrected chi connectivity index (χ1v) is 5.34. The van der Waals surface area contributed by atoms with Crippen LogP contribution in [0.3, 0.4) is 0 Å². The average Bonchev–Trinajstić information content (AvgIpc) is 2.75. The van der Waals surface area contributed by atoms with E-state index in [4.69, 9.17) is 10.2 Å². The molecule has 1 heterocycles. The number of anilines is 1. The van der Waals surface area contributed by atoms with Gasteiger partial charge in [0.25, 0.3) is 5.91 Å². The molecule has 1 aromatic carbocycles. The number of nitrogens with zero attached hydrogens (tertiary/aromatic N) is 1. The van der Waals surface area contributed by atoms with Crippen LogP contribution in [0.15, 0.2) is 28.8 Å². The third-order valence-electron chi connectivity index (χ3n) is 2.35. The molecule has 18 heavy (non-hydrogen) atoms. The zero-order valence-electron chi connectivity index (χ0n) is 9.80. The number of hydrogen-bond donors (Lipinski definition) is 3. The first-order chi connectivity index (χ1) is 8.56. The van der Waals surface area contributed by atoms with Crippen molar-refractivity contribution in [3.05, 3.63) is 41.6 Å². The highest BCUT2D eigenvalue weighted by atomic mass is 16.4. The number of nitrogens with two attached hydrogens (primary N) is 1. The summed E-state index contributed by atoms with van der Waals surface area (Å²) in [6, 6.07) is 4.20. The molecule has 0 aliphatic carbocycles. The minimum atomic E-state index is -0.390. The van der Waals surface area contributed by atoms with Gasteiger partial charge in [0.15, 0.2) is 0 Å². The van der Waals surface area contributed by atoms with E-state index in [9.17, 15) is 9.90 Å². The molecule has 2 rings (SSSR count). The molecule has 0 unspecified atom stereocenters. The van der Waals surface area contributed by atoms with Crippen molar-refractivity contribution in [1.29, 1.82) is 0 Å². The first-order valence-electron chi connectivity index (χ1n) is 5.34. The maximum absolute atomic E-state index is 11.8. The molecule has 0 aliphatic heterocycles. The average molecular weight is 247 g/mol. The Kier molecular flexibility index (Phi) is 3.18. The maximum Gasteiger partial charge on any atom is 0.253 e. The van der Waals surface area contributed by atoms with Crippen LogP contribution in [0.25, 0.3) is 0 Å². The van der Waals surface area contributed by atoms with Crippen LogP contribution in [-0.2, 0) is 6.54 Å².